The van der Waals surface area contributed by atoms with Gasteiger partial charge in [-0.05, 0) is 36.4 Å². The Bertz CT molecular complexity index is 917. The molecule has 6 nitrogen and oxygen atoms in total. The van der Waals surface area contributed by atoms with Crippen LogP contribution in [-0.2, 0) is 16.2 Å². The van der Waals surface area contributed by atoms with Gasteiger partial charge in [0.2, 0.25) is 0 Å². The Morgan fingerprint density at radius 3 is 2.40 bits per heavy atom. The highest BCUT2D eigenvalue weighted by Gasteiger charge is 2.34. The number of carbonyl (C=O) groups is 1. The van der Waals surface area contributed by atoms with Gasteiger partial charge in [-0.3, -0.25) is 10.2 Å². The predicted molar refractivity (Wildman–Crippen MR) is 82.3 cm³/mol. The Labute approximate surface area is 145 Å². The maximum atomic E-state index is 12.8. The smallest absolute Gasteiger partial charge is 0.417 e. The van der Waals surface area contributed by atoms with E-state index in [2.05, 4.69) is 0 Å². The van der Waals surface area contributed by atoms with Crippen molar-refractivity contribution in [2.24, 2.45) is 0 Å². The molecule has 0 aromatic heterocycles. The highest BCUT2D eigenvalue weighted by atomic mass is 35.5. The van der Waals surface area contributed by atoms with Gasteiger partial charge in [0, 0.05) is 5.56 Å². The lowest BCUT2D eigenvalue weighted by Crippen LogP contribution is -2.41. The summed E-state index contributed by atoms with van der Waals surface area (Å²) in [6, 6.07) is 7.03. The zero-order valence-electron chi connectivity index (χ0n) is 12.1. The normalized spacial score (nSPS) is 12.0. The molecular formula is C14H10ClF3N2O4S. The quantitative estimate of drug-likeness (QED) is 0.695. The summed E-state index contributed by atoms with van der Waals surface area (Å²) in [4.78, 5) is 12.7. The average Bonchev–Trinajstić information content (AvgIpc) is 2.51. The summed E-state index contributed by atoms with van der Waals surface area (Å²) in [7, 11) is -4.48. The van der Waals surface area contributed by atoms with Crippen molar-refractivity contribution in [3.8, 4) is 5.75 Å². The van der Waals surface area contributed by atoms with Gasteiger partial charge in [0.25, 0.3) is 15.9 Å². The minimum absolute atomic E-state index is 0.0604. The maximum absolute atomic E-state index is 12.8. The molecule has 0 unspecified atom stereocenters. The lowest BCUT2D eigenvalue weighted by molar-refractivity contribution is -0.137. The molecule has 0 radical (unpaired) electrons. The number of alkyl halides is 3. The fourth-order valence-electron chi connectivity index (χ4n) is 1.78. The van der Waals surface area contributed by atoms with Crippen LogP contribution in [-0.4, -0.2) is 19.4 Å². The van der Waals surface area contributed by atoms with Crippen LogP contribution in [0.3, 0.4) is 0 Å². The fourth-order valence-corrected chi connectivity index (χ4v) is 2.87. The average molecular weight is 395 g/mol. The van der Waals surface area contributed by atoms with Crippen molar-refractivity contribution in [2.75, 3.05) is 0 Å². The molecule has 1 amide bonds. The standard InChI is InChI=1S/C14H10ClF3N2O4S/c15-12-5-4-10(7-11(12)14(16,17)18)25(23,24)20-19-13(22)8-2-1-3-9(21)6-8/h1-7,20-21H,(H,19,22). The van der Waals surface area contributed by atoms with E-state index in [1.54, 1.807) is 4.83 Å². The molecule has 2 aromatic carbocycles. The number of rotatable bonds is 4. The first-order chi connectivity index (χ1) is 11.5. The van der Waals surface area contributed by atoms with E-state index < -0.39 is 37.6 Å². The lowest BCUT2D eigenvalue weighted by Gasteiger charge is -2.12. The minimum Gasteiger partial charge on any atom is -0.508 e. The molecule has 0 bridgehead atoms. The highest BCUT2D eigenvalue weighted by Crippen LogP contribution is 2.35. The molecule has 11 heteroatoms. The monoisotopic (exact) mass is 394 g/mol. The first kappa shape index (κ1) is 19.0. The number of benzene rings is 2. The molecule has 3 N–H and O–H groups in total. The van der Waals surface area contributed by atoms with E-state index in [1.165, 1.54) is 18.2 Å². The number of halogens is 4. The summed E-state index contributed by atoms with van der Waals surface area (Å²) < 4.78 is 62.5. The Morgan fingerprint density at radius 2 is 1.80 bits per heavy atom. The third-order valence-corrected chi connectivity index (χ3v) is 4.54. The van der Waals surface area contributed by atoms with Crippen LogP contribution in [0.4, 0.5) is 13.2 Å². The van der Waals surface area contributed by atoms with Crippen LogP contribution < -0.4 is 10.3 Å². The fraction of sp³-hybridized carbons (Fsp3) is 0.0714. The van der Waals surface area contributed by atoms with E-state index in [0.717, 1.165) is 18.2 Å². The minimum atomic E-state index is -4.84. The number of phenols is 1. The van der Waals surface area contributed by atoms with E-state index in [4.69, 9.17) is 11.6 Å². The molecule has 0 atom stereocenters. The van der Waals surface area contributed by atoms with Crippen molar-refractivity contribution in [3.05, 3.63) is 58.6 Å². The van der Waals surface area contributed by atoms with Crippen molar-refractivity contribution in [1.29, 1.82) is 0 Å². The lowest BCUT2D eigenvalue weighted by atomic mass is 10.2. The Kier molecular flexibility index (Phi) is 5.26. The molecule has 0 fully saturated rings. The molecule has 25 heavy (non-hydrogen) atoms. The van der Waals surface area contributed by atoms with Gasteiger partial charge < -0.3 is 5.11 Å². The zero-order chi connectivity index (χ0) is 18.8. The van der Waals surface area contributed by atoms with Crippen molar-refractivity contribution >= 4 is 27.5 Å². The zero-order valence-corrected chi connectivity index (χ0v) is 13.7. The maximum Gasteiger partial charge on any atom is 0.417 e. The summed E-state index contributed by atoms with van der Waals surface area (Å²) in [6.45, 7) is 0. The summed E-state index contributed by atoms with van der Waals surface area (Å²) in [6.07, 6.45) is -4.84. The van der Waals surface area contributed by atoms with Crippen LogP contribution in [0.15, 0.2) is 47.4 Å². The van der Waals surface area contributed by atoms with Crippen molar-refractivity contribution < 1.29 is 31.5 Å². The van der Waals surface area contributed by atoms with Gasteiger partial charge in [0.15, 0.2) is 0 Å². The number of hydrogen-bond acceptors (Lipinski definition) is 4. The van der Waals surface area contributed by atoms with Gasteiger partial charge in [-0.25, -0.2) is 8.42 Å². The molecule has 0 aliphatic carbocycles. The van der Waals surface area contributed by atoms with Crippen LogP contribution >= 0.6 is 11.6 Å². The van der Waals surface area contributed by atoms with Gasteiger partial charge in [0.1, 0.15) is 5.75 Å². The van der Waals surface area contributed by atoms with Gasteiger partial charge in [-0.15, -0.1) is 4.83 Å². The number of hydrazine groups is 1. The van der Waals surface area contributed by atoms with Crippen molar-refractivity contribution in [2.45, 2.75) is 11.1 Å². The molecule has 2 rings (SSSR count). The molecule has 0 saturated carbocycles. The second-order valence-electron chi connectivity index (χ2n) is 4.75. The molecule has 0 aliphatic rings. The third-order valence-electron chi connectivity index (χ3n) is 2.96. The Morgan fingerprint density at radius 1 is 1.12 bits per heavy atom. The largest absolute Gasteiger partial charge is 0.508 e. The Balaban J connectivity index is 2.21. The van der Waals surface area contributed by atoms with E-state index >= 15 is 0 Å². The number of nitrogens with one attached hydrogen (secondary N) is 2. The number of aromatic hydroxyl groups is 1. The third kappa shape index (κ3) is 4.62. The van der Waals surface area contributed by atoms with Crippen LogP contribution in [0.5, 0.6) is 5.75 Å². The molecule has 0 aliphatic heterocycles. The SMILES string of the molecule is O=C(NNS(=O)(=O)c1ccc(Cl)c(C(F)(F)F)c1)c1cccc(O)c1. The van der Waals surface area contributed by atoms with E-state index in [0.29, 0.717) is 6.07 Å². The highest BCUT2D eigenvalue weighted by molar-refractivity contribution is 7.89. The predicted octanol–water partition coefficient (Wildman–Crippen LogP) is 2.69. The van der Waals surface area contributed by atoms with E-state index in [9.17, 15) is 31.5 Å². The molecule has 0 heterocycles. The number of phenolic OH excluding ortho intramolecular Hbond substituents is 1. The van der Waals surface area contributed by atoms with Gasteiger partial charge in [-0.1, -0.05) is 17.7 Å². The van der Waals surface area contributed by atoms with Crippen LogP contribution in [0, 0.1) is 0 Å². The van der Waals surface area contributed by atoms with Gasteiger partial charge >= 0.3 is 6.18 Å². The molecule has 0 saturated heterocycles. The van der Waals surface area contributed by atoms with Crippen LogP contribution in [0.1, 0.15) is 15.9 Å². The first-order valence-electron chi connectivity index (χ1n) is 6.48. The number of hydrogen-bond donors (Lipinski definition) is 3. The second kappa shape index (κ2) is 6.90. The summed E-state index contributed by atoms with van der Waals surface area (Å²) in [5.74, 6) is -1.13. The first-order valence-corrected chi connectivity index (χ1v) is 8.35. The van der Waals surface area contributed by atoms with Gasteiger partial charge in [-0.2, -0.15) is 13.2 Å². The summed E-state index contributed by atoms with van der Waals surface area (Å²) in [5, 5.41) is 8.61. The van der Waals surface area contributed by atoms with Crippen LogP contribution in [0.25, 0.3) is 0 Å². The molecular weight excluding hydrogens is 385 g/mol. The number of amides is 1. The molecule has 0 spiro atoms. The topological polar surface area (TPSA) is 95.5 Å². The van der Waals surface area contributed by atoms with Gasteiger partial charge in [0.05, 0.1) is 15.5 Å². The van der Waals surface area contributed by atoms with Crippen molar-refractivity contribution in [3.63, 3.8) is 0 Å². The van der Waals surface area contributed by atoms with E-state index in [1.807, 2.05) is 5.43 Å². The number of sulfonamides is 1. The molecule has 2 aromatic rings. The van der Waals surface area contributed by atoms with E-state index in [-0.39, 0.29) is 11.3 Å². The van der Waals surface area contributed by atoms with Crippen molar-refractivity contribution in [1.82, 2.24) is 10.3 Å². The summed E-state index contributed by atoms with van der Waals surface area (Å²) in [5.41, 5.74) is 0.452. The second-order valence-corrected chi connectivity index (χ2v) is 6.84. The number of carbonyl (C=O) groups excluding carboxylic acids is 1. The summed E-state index contributed by atoms with van der Waals surface area (Å²) >= 11 is 5.42. The van der Waals surface area contributed by atoms with Crippen LogP contribution in [0.2, 0.25) is 5.02 Å². The Hall–Kier alpha value is -2.30. The molecule has 134 valence electrons.